The van der Waals surface area contributed by atoms with Gasteiger partial charge in [0.05, 0.1) is 0 Å². The Bertz CT molecular complexity index is 633. The monoisotopic (exact) mass is 283 g/mol. The van der Waals surface area contributed by atoms with E-state index in [2.05, 4.69) is 5.32 Å². The van der Waals surface area contributed by atoms with E-state index in [-0.39, 0.29) is 5.91 Å². The Balaban J connectivity index is 2.15. The molecule has 2 aromatic carbocycles. The molecule has 2 aromatic rings. The summed E-state index contributed by atoms with van der Waals surface area (Å²) in [5, 5.41) is 2.94. The zero-order valence-electron chi connectivity index (χ0n) is 12.7. The number of hydrogen-bond acceptors (Lipinski definition) is 3. The Kier molecular flexibility index (Phi) is 4.60. The van der Waals surface area contributed by atoms with Crippen LogP contribution in [-0.4, -0.2) is 20.0 Å². The first-order valence-corrected chi connectivity index (χ1v) is 6.89. The molecule has 4 nitrogen and oxygen atoms in total. The van der Waals surface area contributed by atoms with Crippen LogP contribution >= 0.6 is 0 Å². The maximum atomic E-state index is 12.2. The van der Waals surface area contributed by atoms with Crippen LogP contribution in [0.4, 0.5) is 11.4 Å². The molecule has 0 atom stereocenters. The van der Waals surface area contributed by atoms with Crippen molar-refractivity contribution >= 4 is 17.3 Å². The lowest BCUT2D eigenvalue weighted by Gasteiger charge is -2.15. The molecule has 0 aliphatic rings. The number of amides is 1. The quantitative estimate of drug-likeness (QED) is 0.907. The van der Waals surface area contributed by atoms with Gasteiger partial charge in [-0.1, -0.05) is 12.1 Å². The Hall–Kier alpha value is -2.33. The van der Waals surface area contributed by atoms with Gasteiger partial charge in [-0.15, -0.1) is 0 Å². The van der Waals surface area contributed by atoms with Crippen molar-refractivity contribution in [1.82, 2.24) is 0 Å². The fourth-order valence-electron chi connectivity index (χ4n) is 2.05. The van der Waals surface area contributed by atoms with Crippen LogP contribution in [0, 0.1) is 6.92 Å². The molecule has 0 aliphatic carbocycles. The zero-order chi connectivity index (χ0) is 15.4. The average Bonchev–Trinajstić information content (AvgIpc) is 2.49. The summed E-state index contributed by atoms with van der Waals surface area (Å²) >= 11 is 0. The Labute approximate surface area is 125 Å². The molecule has 0 heterocycles. The molecule has 21 heavy (non-hydrogen) atoms. The van der Waals surface area contributed by atoms with Crippen molar-refractivity contribution in [1.29, 1.82) is 0 Å². The van der Waals surface area contributed by atoms with E-state index in [4.69, 9.17) is 5.73 Å². The van der Waals surface area contributed by atoms with Crippen molar-refractivity contribution in [2.45, 2.75) is 13.5 Å². The van der Waals surface area contributed by atoms with E-state index in [0.717, 1.165) is 22.5 Å². The molecule has 0 fully saturated rings. The summed E-state index contributed by atoms with van der Waals surface area (Å²) in [6, 6.07) is 13.3. The molecular formula is C17H21N3O. The highest BCUT2D eigenvalue weighted by molar-refractivity contribution is 6.04. The summed E-state index contributed by atoms with van der Waals surface area (Å²) in [7, 11) is 3.98. The van der Waals surface area contributed by atoms with Crippen molar-refractivity contribution in [2.75, 3.05) is 24.3 Å². The van der Waals surface area contributed by atoms with Crippen LogP contribution in [0.25, 0.3) is 0 Å². The molecule has 0 bridgehead atoms. The number of carbonyl (C=O) groups excluding carboxylic acids is 1. The summed E-state index contributed by atoms with van der Waals surface area (Å²) in [5.41, 5.74) is 10.2. The molecule has 3 N–H and O–H groups in total. The molecule has 2 rings (SSSR count). The Morgan fingerprint density at radius 2 is 1.81 bits per heavy atom. The van der Waals surface area contributed by atoms with Gasteiger partial charge in [0.2, 0.25) is 0 Å². The van der Waals surface area contributed by atoms with Crippen LogP contribution in [0.1, 0.15) is 21.5 Å². The van der Waals surface area contributed by atoms with Crippen LogP contribution in [0.3, 0.4) is 0 Å². The van der Waals surface area contributed by atoms with Crippen molar-refractivity contribution in [3.63, 3.8) is 0 Å². The number of aryl methyl sites for hydroxylation is 1. The van der Waals surface area contributed by atoms with Gasteiger partial charge in [0.1, 0.15) is 0 Å². The van der Waals surface area contributed by atoms with Crippen LogP contribution in [0.5, 0.6) is 0 Å². The molecule has 0 spiro atoms. The number of nitrogens with two attached hydrogens (primary N) is 1. The van der Waals surface area contributed by atoms with Gasteiger partial charge in [-0.25, -0.2) is 0 Å². The predicted octanol–water partition coefficient (Wildman–Crippen LogP) is 2.77. The molecule has 4 heteroatoms. The Morgan fingerprint density at radius 3 is 2.33 bits per heavy atom. The van der Waals surface area contributed by atoms with Gasteiger partial charge < -0.3 is 16.0 Å². The van der Waals surface area contributed by atoms with Crippen LogP contribution in [0.2, 0.25) is 0 Å². The lowest BCUT2D eigenvalue weighted by atomic mass is 10.1. The number of hydrogen-bond donors (Lipinski definition) is 2. The summed E-state index contributed by atoms with van der Waals surface area (Å²) in [6.07, 6.45) is 0. The standard InChI is InChI=1S/C17H21N3O/c1-12-10-15(20(2)3)8-9-16(12)19-17(21)14-6-4-13(11-18)5-7-14/h4-10H,11,18H2,1-3H3,(H,19,21). The summed E-state index contributed by atoms with van der Waals surface area (Å²) in [5.74, 6) is -0.112. The molecule has 110 valence electrons. The molecule has 0 saturated carbocycles. The fourth-order valence-corrected chi connectivity index (χ4v) is 2.05. The number of anilines is 2. The van der Waals surface area contributed by atoms with Crippen LogP contribution in [-0.2, 0) is 6.54 Å². The molecule has 0 aliphatic heterocycles. The Morgan fingerprint density at radius 1 is 1.14 bits per heavy atom. The maximum absolute atomic E-state index is 12.2. The van der Waals surface area contributed by atoms with Crippen molar-refractivity contribution in [2.24, 2.45) is 5.73 Å². The van der Waals surface area contributed by atoms with Gasteiger partial charge in [-0.3, -0.25) is 4.79 Å². The highest BCUT2D eigenvalue weighted by Crippen LogP contribution is 2.22. The number of rotatable bonds is 4. The molecule has 0 aromatic heterocycles. The third kappa shape index (κ3) is 3.61. The first kappa shape index (κ1) is 15.1. The zero-order valence-corrected chi connectivity index (χ0v) is 12.7. The second kappa shape index (κ2) is 6.41. The van der Waals surface area contributed by atoms with E-state index in [9.17, 15) is 4.79 Å². The lowest BCUT2D eigenvalue weighted by Crippen LogP contribution is -2.14. The third-order valence-electron chi connectivity index (χ3n) is 3.43. The minimum Gasteiger partial charge on any atom is -0.378 e. The van der Waals surface area contributed by atoms with Crippen molar-refractivity contribution < 1.29 is 4.79 Å². The van der Waals surface area contributed by atoms with E-state index in [1.165, 1.54) is 0 Å². The van der Waals surface area contributed by atoms with Gasteiger partial charge in [0, 0.05) is 37.6 Å². The first-order valence-electron chi connectivity index (χ1n) is 6.89. The summed E-state index contributed by atoms with van der Waals surface area (Å²) in [4.78, 5) is 14.3. The van der Waals surface area contributed by atoms with Gasteiger partial charge in [0.15, 0.2) is 0 Å². The second-order valence-corrected chi connectivity index (χ2v) is 5.25. The van der Waals surface area contributed by atoms with E-state index < -0.39 is 0 Å². The van der Waals surface area contributed by atoms with E-state index >= 15 is 0 Å². The smallest absolute Gasteiger partial charge is 0.255 e. The first-order chi connectivity index (χ1) is 10.0. The topological polar surface area (TPSA) is 58.4 Å². The maximum Gasteiger partial charge on any atom is 0.255 e. The summed E-state index contributed by atoms with van der Waals surface area (Å²) in [6.45, 7) is 2.47. The number of carbonyl (C=O) groups is 1. The van der Waals surface area contributed by atoms with Crippen molar-refractivity contribution in [3.05, 3.63) is 59.2 Å². The van der Waals surface area contributed by atoms with Crippen LogP contribution in [0.15, 0.2) is 42.5 Å². The van der Waals surface area contributed by atoms with Gasteiger partial charge in [0.25, 0.3) is 5.91 Å². The highest BCUT2D eigenvalue weighted by Gasteiger charge is 2.08. The van der Waals surface area contributed by atoms with Gasteiger partial charge >= 0.3 is 0 Å². The number of nitrogens with one attached hydrogen (secondary N) is 1. The second-order valence-electron chi connectivity index (χ2n) is 5.25. The molecule has 1 amide bonds. The minimum atomic E-state index is -0.112. The molecule has 0 radical (unpaired) electrons. The van der Waals surface area contributed by atoms with Gasteiger partial charge in [-0.2, -0.15) is 0 Å². The molecule has 0 unspecified atom stereocenters. The predicted molar refractivity (Wildman–Crippen MR) is 87.8 cm³/mol. The minimum absolute atomic E-state index is 0.112. The normalized spacial score (nSPS) is 10.3. The molecular weight excluding hydrogens is 262 g/mol. The van der Waals surface area contributed by atoms with E-state index in [0.29, 0.717) is 12.1 Å². The average molecular weight is 283 g/mol. The highest BCUT2D eigenvalue weighted by atomic mass is 16.1. The SMILES string of the molecule is Cc1cc(N(C)C)ccc1NC(=O)c1ccc(CN)cc1. The largest absolute Gasteiger partial charge is 0.378 e. The number of nitrogens with zero attached hydrogens (tertiary/aromatic N) is 1. The fraction of sp³-hybridized carbons (Fsp3) is 0.235. The van der Waals surface area contributed by atoms with Crippen molar-refractivity contribution in [3.8, 4) is 0 Å². The molecule has 0 saturated heterocycles. The van der Waals surface area contributed by atoms with Gasteiger partial charge in [-0.05, 0) is 48.4 Å². The third-order valence-corrected chi connectivity index (χ3v) is 3.43. The van der Waals surface area contributed by atoms with E-state index in [1.54, 1.807) is 12.1 Å². The van der Waals surface area contributed by atoms with E-state index in [1.807, 2.05) is 56.3 Å². The number of benzene rings is 2. The van der Waals surface area contributed by atoms with Crippen LogP contribution < -0.4 is 16.0 Å². The summed E-state index contributed by atoms with van der Waals surface area (Å²) < 4.78 is 0. The lowest BCUT2D eigenvalue weighted by molar-refractivity contribution is 0.102.